The van der Waals surface area contributed by atoms with Crippen LogP contribution < -0.4 is 0 Å². The van der Waals surface area contributed by atoms with Crippen LogP contribution in [0.5, 0.6) is 0 Å². The van der Waals surface area contributed by atoms with Crippen molar-refractivity contribution in [1.29, 1.82) is 0 Å². The van der Waals surface area contributed by atoms with E-state index in [1.807, 2.05) is 0 Å². The summed E-state index contributed by atoms with van der Waals surface area (Å²) in [6.45, 7) is 0. The Morgan fingerprint density at radius 1 is 1.00 bits per heavy atom. The van der Waals surface area contributed by atoms with Crippen molar-refractivity contribution >= 4 is 22.7 Å². The minimum Gasteiger partial charge on any atom is -0.750 e. The molecule has 78 valence electrons. The minimum atomic E-state index is -2.62. The van der Waals surface area contributed by atoms with Gasteiger partial charge in [-0.25, -0.2) is 8.42 Å². The Hall–Kier alpha value is 0.140. The van der Waals surface area contributed by atoms with Crippen LogP contribution in [0.25, 0.3) is 0 Å². The van der Waals surface area contributed by atoms with Crippen molar-refractivity contribution in [3.05, 3.63) is 0 Å². The molecule has 4 unspecified atom stereocenters. The van der Waals surface area contributed by atoms with E-state index in [4.69, 9.17) is 0 Å². The van der Waals surface area contributed by atoms with Crippen molar-refractivity contribution in [1.82, 2.24) is 0 Å². The van der Waals surface area contributed by atoms with Gasteiger partial charge in [0.2, 0.25) is 0 Å². The average molecular weight is 228 g/mol. The molecule has 0 amide bonds. The highest BCUT2D eigenvalue weighted by molar-refractivity contribution is 7.74. The van der Waals surface area contributed by atoms with E-state index in [9.17, 15) is 17.5 Å². The van der Waals surface area contributed by atoms with Crippen LogP contribution in [-0.4, -0.2) is 29.7 Å². The first-order valence-corrected chi connectivity index (χ1v) is 5.62. The summed E-state index contributed by atoms with van der Waals surface area (Å²) in [5.74, 6) is 0. The molecule has 1 saturated carbocycles. The molecule has 1 aliphatic rings. The van der Waals surface area contributed by atoms with E-state index in [1.165, 1.54) is 0 Å². The van der Waals surface area contributed by atoms with Crippen LogP contribution in [0.15, 0.2) is 0 Å². The van der Waals surface area contributed by atoms with E-state index in [2.05, 4.69) is 8.37 Å². The number of rotatable bonds is 4. The molecule has 1 fully saturated rings. The second-order valence-electron chi connectivity index (χ2n) is 2.61. The van der Waals surface area contributed by atoms with Gasteiger partial charge in [-0.3, -0.25) is 8.37 Å². The smallest absolute Gasteiger partial charge is 0.101 e. The Kier molecular flexibility index (Phi) is 4.42. The molecule has 0 N–H and O–H groups in total. The third kappa shape index (κ3) is 3.79. The Labute approximate surface area is 80.6 Å². The molecule has 1 rings (SSSR count). The van der Waals surface area contributed by atoms with Crippen molar-refractivity contribution in [2.24, 2.45) is 0 Å². The van der Waals surface area contributed by atoms with Crippen LogP contribution >= 0.6 is 0 Å². The van der Waals surface area contributed by atoms with Gasteiger partial charge in [-0.1, -0.05) is 0 Å². The quantitative estimate of drug-likeness (QED) is 0.603. The van der Waals surface area contributed by atoms with Gasteiger partial charge in [0, 0.05) is 0 Å². The summed E-state index contributed by atoms with van der Waals surface area (Å²) in [5.41, 5.74) is 0. The summed E-state index contributed by atoms with van der Waals surface area (Å²) in [5, 5.41) is 0. The topological polar surface area (TPSA) is 98.7 Å². The number of hydrogen-bond acceptors (Lipinski definition) is 6. The normalized spacial score (nSPS) is 33.1. The van der Waals surface area contributed by atoms with Crippen LogP contribution in [0, 0.1) is 0 Å². The van der Waals surface area contributed by atoms with Crippen LogP contribution in [0.1, 0.15) is 19.3 Å². The molecule has 0 bridgehead atoms. The Morgan fingerprint density at radius 2 is 1.38 bits per heavy atom. The fraction of sp³-hybridized carbons (Fsp3) is 1.00. The summed E-state index contributed by atoms with van der Waals surface area (Å²) in [6, 6.07) is 0. The van der Waals surface area contributed by atoms with Crippen LogP contribution in [0.2, 0.25) is 0 Å². The summed E-state index contributed by atoms with van der Waals surface area (Å²) in [6.07, 6.45) is 0.350. The summed E-state index contributed by atoms with van der Waals surface area (Å²) >= 11 is -5.24. The highest BCUT2D eigenvalue weighted by atomic mass is 32.2. The van der Waals surface area contributed by atoms with Crippen LogP contribution in [-0.2, 0) is 31.1 Å². The second-order valence-corrected chi connectivity index (χ2v) is 3.81. The first-order chi connectivity index (χ1) is 6.09. The number of hydrogen-bond donors (Lipinski definition) is 0. The zero-order valence-electron chi connectivity index (χ0n) is 6.54. The zero-order valence-corrected chi connectivity index (χ0v) is 8.18. The standard InChI is InChI=1S/C5H10O6S2/c6-12(7)10-4-2-1-3-5(4)11-13(8)9/h4-5H,1-3H2,(H,6,7)(H,8,9)/p-2. The van der Waals surface area contributed by atoms with Gasteiger partial charge in [-0.05, 0) is 19.3 Å². The lowest BCUT2D eigenvalue weighted by molar-refractivity contribution is 0.0821. The molecule has 0 aromatic carbocycles. The van der Waals surface area contributed by atoms with E-state index in [1.54, 1.807) is 0 Å². The van der Waals surface area contributed by atoms with Crippen molar-refractivity contribution in [3.63, 3.8) is 0 Å². The molecule has 8 heteroatoms. The predicted octanol–water partition coefficient (Wildman–Crippen LogP) is -0.471. The van der Waals surface area contributed by atoms with E-state index >= 15 is 0 Å². The van der Waals surface area contributed by atoms with E-state index < -0.39 is 34.9 Å². The lowest BCUT2D eigenvalue weighted by Crippen LogP contribution is -2.27. The molecular weight excluding hydrogens is 220 g/mol. The van der Waals surface area contributed by atoms with Crippen molar-refractivity contribution < 1.29 is 25.9 Å². The molecule has 1 aliphatic carbocycles. The fourth-order valence-corrected chi connectivity index (χ4v) is 2.16. The molecule has 0 aromatic rings. The molecule has 0 radical (unpaired) electrons. The van der Waals surface area contributed by atoms with Gasteiger partial charge in [-0.2, -0.15) is 0 Å². The largest absolute Gasteiger partial charge is 0.750 e. The first-order valence-electron chi connectivity index (χ1n) is 3.62. The lowest BCUT2D eigenvalue weighted by Gasteiger charge is -2.21. The van der Waals surface area contributed by atoms with Crippen molar-refractivity contribution in [3.8, 4) is 0 Å². The first kappa shape index (κ1) is 11.2. The molecule has 0 spiro atoms. The maximum atomic E-state index is 10.2. The van der Waals surface area contributed by atoms with Gasteiger partial charge in [-0.15, -0.1) is 0 Å². The molecule has 13 heavy (non-hydrogen) atoms. The molecule has 6 nitrogen and oxygen atoms in total. The molecule has 4 atom stereocenters. The van der Waals surface area contributed by atoms with Crippen molar-refractivity contribution in [2.45, 2.75) is 31.5 Å². The summed E-state index contributed by atoms with van der Waals surface area (Å²) < 4.78 is 49.5. The maximum absolute atomic E-state index is 10.2. The Bertz CT molecular complexity index is 197. The highest BCUT2D eigenvalue weighted by Crippen LogP contribution is 2.25. The molecule has 0 aromatic heterocycles. The average Bonchev–Trinajstić information content (AvgIpc) is 2.34. The van der Waals surface area contributed by atoms with Gasteiger partial charge >= 0.3 is 0 Å². The molecule has 0 saturated heterocycles. The lowest BCUT2D eigenvalue weighted by atomic mass is 10.3. The van der Waals surface area contributed by atoms with E-state index in [0.29, 0.717) is 19.3 Å². The van der Waals surface area contributed by atoms with Gasteiger partial charge in [0.25, 0.3) is 0 Å². The third-order valence-electron chi connectivity index (χ3n) is 1.80. The minimum absolute atomic E-state index is 0.496. The third-order valence-corrected chi connectivity index (χ3v) is 2.60. The Morgan fingerprint density at radius 3 is 1.69 bits per heavy atom. The molecular formula is C5H8O6S2-2. The van der Waals surface area contributed by atoms with Crippen LogP contribution in [0.4, 0.5) is 0 Å². The van der Waals surface area contributed by atoms with Gasteiger partial charge < -0.3 is 9.11 Å². The highest BCUT2D eigenvalue weighted by Gasteiger charge is 2.30. The van der Waals surface area contributed by atoms with E-state index in [0.717, 1.165) is 0 Å². The molecule has 0 heterocycles. The summed E-state index contributed by atoms with van der Waals surface area (Å²) in [4.78, 5) is 0. The fourth-order valence-electron chi connectivity index (χ4n) is 1.31. The van der Waals surface area contributed by atoms with Gasteiger partial charge in [0.05, 0.1) is 22.7 Å². The predicted molar refractivity (Wildman–Crippen MR) is 41.4 cm³/mol. The van der Waals surface area contributed by atoms with Crippen LogP contribution in [0.3, 0.4) is 0 Å². The monoisotopic (exact) mass is 228 g/mol. The Balaban J connectivity index is 2.43. The van der Waals surface area contributed by atoms with E-state index in [-0.39, 0.29) is 0 Å². The summed E-state index contributed by atoms with van der Waals surface area (Å²) in [7, 11) is 0. The SMILES string of the molecule is O=S([O-])OC1CCCC1OS(=O)[O-]. The maximum Gasteiger partial charge on any atom is 0.101 e. The van der Waals surface area contributed by atoms with Crippen molar-refractivity contribution in [2.75, 3.05) is 0 Å². The zero-order chi connectivity index (χ0) is 9.84. The molecule has 0 aliphatic heterocycles. The van der Waals surface area contributed by atoms with Gasteiger partial charge in [0.15, 0.2) is 0 Å². The van der Waals surface area contributed by atoms with Gasteiger partial charge in [0.1, 0.15) is 12.2 Å². The second kappa shape index (κ2) is 5.13.